The number of nitrogens with zero attached hydrogens (tertiary/aromatic N) is 2. The summed E-state index contributed by atoms with van der Waals surface area (Å²) in [6, 6.07) is 6.60. The lowest BCUT2D eigenvalue weighted by atomic mass is 9.64. The van der Waals surface area contributed by atoms with Crippen LogP contribution in [-0.4, -0.2) is 70.9 Å². The maximum atomic E-state index is 13.2. The zero-order valence-electron chi connectivity index (χ0n) is 21.9. The van der Waals surface area contributed by atoms with Gasteiger partial charge in [0.15, 0.2) is 0 Å². The number of carbonyl (C=O) groups excluding carboxylic acids is 4. The Morgan fingerprint density at radius 2 is 1.69 bits per heavy atom. The molecule has 1 spiro atoms. The normalized spacial score (nSPS) is 29.9. The summed E-state index contributed by atoms with van der Waals surface area (Å²) in [5, 5.41) is 5.68. The highest BCUT2D eigenvalue weighted by Gasteiger charge is 2.56. The lowest BCUT2D eigenvalue weighted by Crippen LogP contribution is -2.54. The second-order valence-electron chi connectivity index (χ2n) is 11.7. The number of nitrogens with one attached hydrogen (secondary N) is 2. The summed E-state index contributed by atoms with van der Waals surface area (Å²) in [7, 11) is 0. The molecule has 196 valence electrons. The van der Waals surface area contributed by atoms with Crippen molar-refractivity contribution in [1.82, 2.24) is 20.4 Å². The fraction of sp³-hybridized carbons (Fsp3) is 0.630. The van der Waals surface area contributed by atoms with Crippen molar-refractivity contribution in [2.24, 2.45) is 11.3 Å². The van der Waals surface area contributed by atoms with Crippen LogP contribution in [0.2, 0.25) is 0 Å². The number of rotatable bonds is 5. The van der Waals surface area contributed by atoms with Gasteiger partial charge in [-0.15, -0.1) is 0 Å². The van der Waals surface area contributed by atoms with Crippen molar-refractivity contribution < 1.29 is 23.9 Å². The molecule has 4 unspecified atom stereocenters. The van der Waals surface area contributed by atoms with E-state index in [1.807, 2.05) is 13.8 Å². The first-order chi connectivity index (χ1) is 16.9. The molecule has 2 aliphatic heterocycles. The molecule has 4 rings (SSSR count). The average Bonchev–Trinajstić information content (AvgIpc) is 2.98. The molecule has 9 heteroatoms. The van der Waals surface area contributed by atoms with Crippen LogP contribution in [0.3, 0.4) is 0 Å². The van der Waals surface area contributed by atoms with E-state index in [1.54, 1.807) is 29.2 Å². The average molecular weight is 499 g/mol. The van der Waals surface area contributed by atoms with Gasteiger partial charge in [0, 0.05) is 25.2 Å². The predicted molar refractivity (Wildman–Crippen MR) is 134 cm³/mol. The van der Waals surface area contributed by atoms with Crippen LogP contribution in [0.25, 0.3) is 0 Å². The van der Waals surface area contributed by atoms with E-state index in [9.17, 15) is 19.2 Å². The maximum absolute atomic E-state index is 13.2. The molecule has 2 heterocycles. The van der Waals surface area contributed by atoms with Crippen molar-refractivity contribution in [1.29, 1.82) is 0 Å². The predicted octanol–water partition coefficient (Wildman–Crippen LogP) is 2.69. The van der Waals surface area contributed by atoms with Crippen LogP contribution in [0.4, 0.5) is 4.79 Å². The monoisotopic (exact) mass is 498 g/mol. The van der Waals surface area contributed by atoms with Crippen LogP contribution in [0.1, 0.15) is 69.8 Å². The summed E-state index contributed by atoms with van der Waals surface area (Å²) in [6.07, 6.45) is 2.15. The van der Waals surface area contributed by atoms with Crippen LogP contribution < -0.4 is 10.6 Å². The third-order valence-electron chi connectivity index (χ3n) is 7.32. The molecular weight excluding hydrogens is 460 g/mol. The van der Waals surface area contributed by atoms with E-state index >= 15 is 0 Å². The van der Waals surface area contributed by atoms with Crippen LogP contribution >= 0.6 is 0 Å². The fourth-order valence-corrected chi connectivity index (χ4v) is 6.34. The van der Waals surface area contributed by atoms with Crippen LogP contribution in [0, 0.1) is 11.3 Å². The van der Waals surface area contributed by atoms with Gasteiger partial charge in [0.25, 0.3) is 11.8 Å². The number of amides is 5. The lowest BCUT2D eigenvalue weighted by molar-refractivity contribution is -0.137. The van der Waals surface area contributed by atoms with Gasteiger partial charge in [-0.3, -0.25) is 19.3 Å². The zero-order chi connectivity index (χ0) is 26.3. The van der Waals surface area contributed by atoms with Gasteiger partial charge in [0.1, 0.15) is 12.1 Å². The Hall–Kier alpha value is -2.94. The van der Waals surface area contributed by atoms with Crippen molar-refractivity contribution in [3.05, 3.63) is 35.4 Å². The smallest absolute Gasteiger partial charge is 0.325 e. The Kier molecular flexibility index (Phi) is 7.14. The number of hydrogen-bond acceptors (Lipinski definition) is 5. The Bertz CT molecular complexity index is 1030. The summed E-state index contributed by atoms with van der Waals surface area (Å²) in [5.41, 5.74) is 0.419. The summed E-state index contributed by atoms with van der Waals surface area (Å²) in [5.74, 6) is -0.455. The van der Waals surface area contributed by atoms with Gasteiger partial charge in [-0.05, 0) is 62.1 Å². The number of benzene rings is 1. The second kappa shape index (κ2) is 9.84. The van der Waals surface area contributed by atoms with Gasteiger partial charge in [0.2, 0.25) is 5.91 Å². The van der Waals surface area contributed by atoms with Gasteiger partial charge in [0.05, 0.1) is 12.2 Å². The standard InChI is InChI=1S/C27H38N4O5/c1-17-10-26(4,5)16-27(11-17)24(34)31(25(35)29-27)15-22(32)28-12-20-6-8-21(9-7-20)23(33)30-13-18(2)36-19(3)14-30/h6-9,17-19H,10-16H2,1-5H3,(H,28,32)(H,29,35). The first-order valence-corrected chi connectivity index (χ1v) is 12.8. The summed E-state index contributed by atoms with van der Waals surface area (Å²) < 4.78 is 5.70. The highest BCUT2D eigenvalue weighted by Crippen LogP contribution is 2.46. The Balaban J connectivity index is 1.31. The van der Waals surface area contributed by atoms with Gasteiger partial charge < -0.3 is 20.3 Å². The van der Waals surface area contributed by atoms with Crippen molar-refractivity contribution in [3.63, 3.8) is 0 Å². The van der Waals surface area contributed by atoms with Crippen molar-refractivity contribution >= 4 is 23.8 Å². The minimum Gasteiger partial charge on any atom is -0.372 e. The molecule has 9 nitrogen and oxygen atoms in total. The number of imide groups is 1. The van der Waals surface area contributed by atoms with E-state index in [-0.39, 0.29) is 42.5 Å². The number of ether oxygens (including phenoxy) is 1. The number of urea groups is 1. The highest BCUT2D eigenvalue weighted by molar-refractivity contribution is 6.09. The molecule has 2 saturated heterocycles. The molecule has 3 aliphatic rings. The van der Waals surface area contributed by atoms with Crippen molar-refractivity contribution in [2.45, 2.75) is 78.2 Å². The second-order valence-corrected chi connectivity index (χ2v) is 11.7. The number of morpholine rings is 1. The molecule has 1 aliphatic carbocycles. The Morgan fingerprint density at radius 1 is 1.06 bits per heavy atom. The third kappa shape index (κ3) is 5.56. The van der Waals surface area contributed by atoms with Gasteiger partial charge in [-0.25, -0.2) is 4.79 Å². The molecule has 1 aromatic carbocycles. The minimum atomic E-state index is -0.920. The maximum Gasteiger partial charge on any atom is 0.325 e. The molecule has 36 heavy (non-hydrogen) atoms. The first-order valence-electron chi connectivity index (χ1n) is 12.8. The highest BCUT2D eigenvalue weighted by atomic mass is 16.5. The molecule has 0 radical (unpaired) electrons. The van der Waals surface area contributed by atoms with E-state index in [4.69, 9.17) is 4.74 Å². The third-order valence-corrected chi connectivity index (χ3v) is 7.32. The van der Waals surface area contributed by atoms with Crippen molar-refractivity contribution in [2.75, 3.05) is 19.6 Å². The van der Waals surface area contributed by atoms with E-state index in [0.717, 1.165) is 16.9 Å². The molecule has 2 N–H and O–H groups in total. The molecule has 4 atom stereocenters. The zero-order valence-corrected chi connectivity index (χ0v) is 21.9. The van der Waals surface area contributed by atoms with Crippen molar-refractivity contribution in [3.8, 4) is 0 Å². The van der Waals surface area contributed by atoms with Gasteiger partial charge in [-0.1, -0.05) is 32.9 Å². The largest absolute Gasteiger partial charge is 0.372 e. The van der Waals surface area contributed by atoms with E-state index in [2.05, 4.69) is 31.4 Å². The topological polar surface area (TPSA) is 108 Å². The molecule has 1 aromatic rings. The van der Waals surface area contributed by atoms with E-state index < -0.39 is 17.5 Å². The van der Waals surface area contributed by atoms with Gasteiger partial charge in [-0.2, -0.15) is 0 Å². The molecular formula is C27H38N4O5. The summed E-state index contributed by atoms with van der Waals surface area (Å²) in [4.78, 5) is 54.1. The summed E-state index contributed by atoms with van der Waals surface area (Å²) >= 11 is 0. The molecule has 0 aromatic heterocycles. The SMILES string of the molecule is CC1CC(C)(C)CC2(C1)NC(=O)N(CC(=O)NCc1ccc(C(=O)N3CC(C)OC(C)C3)cc1)C2=O. The van der Waals surface area contributed by atoms with E-state index in [1.165, 1.54) is 0 Å². The quantitative estimate of drug-likeness (QED) is 0.607. The fourth-order valence-electron chi connectivity index (χ4n) is 6.34. The minimum absolute atomic E-state index is 0.000334. The molecule has 5 amide bonds. The Morgan fingerprint density at radius 3 is 2.31 bits per heavy atom. The van der Waals surface area contributed by atoms with Crippen LogP contribution in [-0.2, 0) is 20.9 Å². The van der Waals surface area contributed by atoms with E-state index in [0.29, 0.717) is 37.4 Å². The lowest BCUT2D eigenvalue weighted by Gasteiger charge is -2.43. The summed E-state index contributed by atoms with van der Waals surface area (Å²) in [6.45, 7) is 11.3. The van der Waals surface area contributed by atoms with Crippen LogP contribution in [0.15, 0.2) is 24.3 Å². The first kappa shape index (κ1) is 26.1. The molecule has 1 saturated carbocycles. The van der Waals surface area contributed by atoms with Crippen LogP contribution in [0.5, 0.6) is 0 Å². The van der Waals surface area contributed by atoms with Gasteiger partial charge >= 0.3 is 6.03 Å². The Labute approximate surface area is 212 Å². The molecule has 0 bridgehead atoms. The molecule has 3 fully saturated rings. The number of hydrogen-bond donors (Lipinski definition) is 2. The number of carbonyl (C=O) groups is 4.